The van der Waals surface area contributed by atoms with Gasteiger partial charge in [0, 0.05) is 30.1 Å². The van der Waals surface area contributed by atoms with E-state index in [2.05, 4.69) is 35.6 Å². The summed E-state index contributed by atoms with van der Waals surface area (Å²) in [7, 11) is 0. The Balaban J connectivity index is 1.96. The van der Waals surface area contributed by atoms with Crippen LogP contribution in [0.15, 0.2) is 12.1 Å². The van der Waals surface area contributed by atoms with Gasteiger partial charge in [-0.15, -0.1) is 0 Å². The summed E-state index contributed by atoms with van der Waals surface area (Å²) in [5.41, 5.74) is 1.04. The quantitative estimate of drug-likeness (QED) is 0.920. The van der Waals surface area contributed by atoms with E-state index in [1.54, 1.807) is 0 Å². The SMILES string of the molecule is CC(C)(C)c1nc2cc(F)c(F)cc2n1CCC1CCCCN1. The molecule has 1 unspecified atom stereocenters. The second kappa shape index (κ2) is 6.19. The molecular formula is C18H25F2N3. The third kappa shape index (κ3) is 3.39. The van der Waals surface area contributed by atoms with E-state index in [0.717, 1.165) is 25.3 Å². The maximum Gasteiger partial charge on any atom is 0.161 e. The third-order valence-corrected chi connectivity index (χ3v) is 4.57. The first kappa shape index (κ1) is 16.4. The lowest BCUT2D eigenvalue weighted by atomic mass is 9.95. The van der Waals surface area contributed by atoms with Gasteiger partial charge in [0.25, 0.3) is 0 Å². The van der Waals surface area contributed by atoms with Crippen molar-refractivity contribution in [1.29, 1.82) is 0 Å². The van der Waals surface area contributed by atoms with E-state index >= 15 is 0 Å². The number of aryl methyl sites for hydroxylation is 1. The fraction of sp³-hybridized carbons (Fsp3) is 0.611. The Morgan fingerprint density at radius 2 is 1.96 bits per heavy atom. The summed E-state index contributed by atoms with van der Waals surface area (Å²) in [6, 6.07) is 2.98. The summed E-state index contributed by atoms with van der Waals surface area (Å²) in [5.74, 6) is -0.764. The van der Waals surface area contributed by atoms with Gasteiger partial charge in [-0.25, -0.2) is 13.8 Å². The number of rotatable bonds is 3. The van der Waals surface area contributed by atoms with Crippen LogP contribution in [0.5, 0.6) is 0 Å². The van der Waals surface area contributed by atoms with Crippen LogP contribution in [0.2, 0.25) is 0 Å². The molecule has 0 amide bonds. The second-order valence-electron chi connectivity index (χ2n) is 7.53. The molecule has 1 fully saturated rings. The van der Waals surface area contributed by atoms with Gasteiger partial charge in [0.1, 0.15) is 5.82 Å². The van der Waals surface area contributed by atoms with Gasteiger partial charge in [-0.3, -0.25) is 0 Å². The monoisotopic (exact) mass is 321 g/mol. The number of hydrogen-bond donors (Lipinski definition) is 1. The van der Waals surface area contributed by atoms with Gasteiger partial charge in [-0.2, -0.15) is 0 Å². The smallest absolute Gasteiger partial charge is 0.161 e. The summed E-state index contributed by atoms with van der Waals surface area (Å²) in [5, 5.41) is 3.54. The number of halogens is 2. The van der Waals surface area contributed by atoms with Gasteiger partial charge < -0.3 is 9.88 Å². The maximum absolute atomic E-state index is 13.7. The molecule has 1 N–H and O–H groups in total. The topological polar surface area (TPSA) is 29.9 Å². The van der Waals surface area contributed by atoms with E-state index in [1.165, 1.54) is 31.4 Å². The summed E-state index contributed by atoms with van der Waals surface area (Å²) in [4.78, 5) is 4.59. The first-order chi connectivity index (χ1) is 10.9. The minimum Gasteiger partial charge on any atom is -0.327 e. The van der Waals surface area contributed by atoms with E-state index < -0.39 is 11.6 Å². The molecule has 1 aromatic carbocycles. The molecule has 1 atom stereocenters. The Morgan fingerprint density at radius 3 is 2.61 bits per heavy atom. The fourth-order valence-electron chi connectivity index (χ4n) is 3.37. The van der Waals surface area contributed by atoms with Gasteiger partial charge in [0.15, 0.2) is 11.6 Å². The van der Waals surface area contributed by atoms with Crippen LogP contribution in [0.3, 0.4) is 0 Å². The third-order valence-electron chi connectivity index (χ3n) is 4.57. The molecule has 2 heterocycles. The van der Waals surface area contributed by atoms with Crippen molar-refractivity contribution < 1.29 is 8.78 Å². The van der Waals surface area contributed by atoms with Gasteiger partial charge >= 0.3 is 0 Å². The first-order valence-corrected chi connectivity index (χ1v) is 8.45. The van der Waals surface area contributed by atoms with Crippen molar-refractivity contribution in [2.24, 2.45) is 0 Å². The molecule has 0 saturated carbocycles. The number of hydrogen-bond acceptors (Lipinski definition) is 2. The number of nitrogens with zero attached hydrogens (tertiary/aromatic N) is 2. The molecule has 3 rings (SSSR count). The van der Waals surface area contributed by atoms with Crippen LogP contribution in [-0.4, -0.2) is 22.1 Å². The standard InChI is InChI=1S/C18H25F2N3/c1-18(2,3)17-22-15-10-13(19)14(20)11-16(15)23(17)9-7-12-6-4-5-8-21-12/h10-12,21H,4-9H2,1-3H3. The number of piperidine rings is 1. The molecule has 126 valence electrons. The van der Waals surface area contributed by atoms with Crippen molar-refractivity contribution in [3.8, 4) is 0 Å². The van der Waals surface area contributed by atoms with Crippen molar-refractivity contribution >= 4 is 11.0 Å². The summed E-state index contributed by atoms with van der Waals surface area (Å²) in [6.07, 6.45) is 4.66. The molecule has 1 aromatic heterocycles. The Bertz CT molecular complexity index is 694. The number of fused-ring (bicyclic) bond motifs is 1. The molecule has 2 aromatic rings. The van der Waals surface area contributed by atoms with Crippen LogP contribution in [0.25, 0.3) is 11.0 Å². The molecule has 5 heteroatoms. The zero-order valence-corrected chi connectivity index (χ0v) is 14.1. The molecule has 23 heavy (non-hydrogen) atoms. The molecule has 0 radical (unpaired) electrons. The number of nitrogens with one attached hydrogen (secondary N) is 1. The highest BCUT2D eigenvalue weighted by molar-refractivity contribution is 5.76. The number of aromatic nitrogens is 2. The maximum atomic E-state index is 13.7. The Kier molecular flexibility index (Phi) is 4.41. The number of imidazole rings is 1. The van der Waals surface area contributed by atoms with Gasteiger partial charge in [0.2, 0.25) is 0 Å². The normalized spacial score (nSPS) is 19.4. The van der Waals surface area contributed by atoms with Crippen molar-refractivity contribution in [2.45, 2.75) is 64.5 Å². The highest BCUT2D eigenvalue weighted by Gasteiger charge is 2.24. The van der Waals surface area contributed by atoms with E-state index in [1.807, 2.05) is 0 Å². The molecule has 1 aliphatic rings. The van der Waals surface area contributed by atoms with E-state index in [0.29, 0.717) is 17.1 Å². The van der Waals surface area contributed by atoms with Crippen molar-refractivity contribution in [2.75, 3.05) is 6.54 Å². The first-order valence-electron chi connectivity index (χ1n) is 8.45. The lowest BCUT2D eigenvalue weighted by Gasteiger charge is -2.25. The summed E-state index contributed by atoms with van der Waals surface area (Å²) < 4.78 is 29.3. The molecule has 0 aliphatic carbocycles. The Morgan fingerprint density at radius 1 is 1.22 bits per heavy atom. The van der Waals surface area contributed by atoms with Gasteiger partial charge in [-0.05, 0) is 25.8 Å². The van der Waals surface area contributed by atoms with Gasteiger partial charge in [-0.1, -0.05) is 27.2 Å². The molecule has 0 spiro atoms. The average molecular weight is 321 g/mol. The highest BCUT2D eigenvalue weighted by atomic mass is 19.2. The van der Waals surface area contributed by atoms with Crippen LogP contribution >= 0.6 is 0 Å². The predicted molar refractivity (Wildman–Crippen MR) is 88.6 cm³/mol. The minimum absolute atomic E-state index is 0.175. The molecule has 1 saturated heterocycles. The minimum atomic E-state index is -0.837. The molecule has 3 nitrogen and oxygen atoms in total. The zero-order valence-electron chi connectivity index (χ0n) is 14.1. The van der Waals surface area contributed by atoms with Crippen LogP contribution in [0.1, 0.15) is 52.3 Å². The highest BCUT2D eigenvalue weighted by Crippen LogP contribution is 2.28. The van der Waals surface area contributed by atoms with E-state index in [-0.39, 0.29) is 5.41 Å². The van der Waals surface area contributed by atoms with Gasteiger partial charge in [0.05, 0.1) is 11.0 Å². The van der Waals surface area contributed by atoms with Crippen molar-refractivity contribution in [3.05, 3.63) is 29.6 Å². The van der Waals surface area contributed by atoms with Crippen molar-refractivity contribution in [3.63, 3.8) is 0 Å². The fourth-order valence-corrected chi connectivity index (χ4v) is 3.37. The largest absolute Gasteiger partial charge is 0.327 e. The molecule has 1 aliphatic heterocycles. The Hall–Kier alpha value is -1.49. The average Bonchev–Trinajstić information content (AvgIpc) is 2.85. The van der Waals surface area contributed by atoms with E-state index in [9.17, 15) is 8.78 Å². The summed E-state index contributed by atoms with van der Waals surface area (Å²) >= 11 is 0. The van der Waals surface area contributed by atoms with Crippen LogP contribution in [0, 0.1) is 11.6 Å². The predicted octanol–water partition coefficient (Wildman–Crippen LogP) is 4.14. The Labute approximate surface area is 136 Å². The van der Waals surface area contributed by atoms with E-state index in [4.69, 9.17) is 0 Å². The molecule has 0 bridgehead atoms. The zero-order chi connectivity index (χ0) is 16.6. The van der Waals surface area contributed by atoms with Crippen LogP contribution in [-0.2, 0) is 12.0 Å². The van der Waals surface area contributed by atoms with Crippen LogP contribution < -0.4 is 5.32 Å². The van der Waals surface area contributed by atoms with Crippen LogP contribution in [0.4, 0.5) is 8.78 Å². The second-order valence-corrected chi connectivity index (χ2v) is 7.53. The lowest BCUT2D eigenvalue weighted by Crippen LogP contribution is -2.35. The lowest BCUT2D eigenvalue weighted by molar-refractivity contribution is 0.362. The summed E-state index contributed by atoms with van der Waals surface area (Å²) in [6.45, 7) is 8.08. The van der Waals surface area contributed by atoms with Crippen molar-refractivity contribution in [1.82, 2.24) is 14.9 Å². The number of benzene rings is 1. The molecular weight excluding hydrogens is 296 g/mol.